The van der Waals surface area contributed by atoms with Gasteiger partial charge < -0.3 is 10.4 Å². The first kappa shape index (κ1) is 14.8. The Bertz CT molecular complexity index is 266. The SMILES string of the molecule is O=C(O)C(CC1CCCCC1)NC1CCCCCC1. The fourth-order valence-electron chi connectivity index (χ4n) is 3.73. The smallest absolute Gasteiger partial charge is 0.320 e. The van der Waals surface area contributed by atoms with Crippen molar-refractivity contribution >= 4 is 5.97 Å². The molecule has 3 heteroatoms. The quantitative estimate of drug-likeness (QED) is 0.746. The Kier molecular flexibility index (Phi) is 6.15. The van der Waals surface area contributed by atoms with Gasteiger partial charge in [0, 0.05) is 6.04 Å². The zero-order chi connectivity index (χ0) is 13.5. The second-order valence-electron chi connectivity index (χ2n) is 6.49. The van der Waals surface area contributed by atoms with Gasteiger partial charge in [-0.05, 0) is 25.2 Å². The van der Waals surface area contributed by atoms with Gasteiger partial charge in [-0.15, -0.1) is 0 Å². The minimum Gasteiger partial charge on any atom is -0.480 e. The summed E-state index contributed by atoms with van der Waals surface area (Å²) in [6.07, 6.45) is 14.7. The molecule has 2 rings (SSSR count). The van der Waals surface area contributed by atoms with Gasteiger partial charge in [0.1, 0.15) is 6.04 Å². The number of rotatable bonds is 5. The fraction of sp³-hybridized carbons (Fsp3) is 0.938. The summed E-state index contributed by atoms with van der Waals surface area (Å²) in [7, 11) is 0. The van der Waals surface area contributed by atoms with E-state index in [2.05, 4.69) is 5.32 Å². The van der Waals surface area contributed by atoms with Gasteiger partial charge in [0.05, 0.1) is 0 Å². The molecule has 0 aromatic carbocycles. The third-order valence-corrected chi connectivity index (χ3v) is 4.88. The molecule has 0 heterocycles. The average Bonchev–Trinajstić information content (AvgIpc) is 2.68. The third kappa shape index (κ3) is 5.13. The number of hydrogen-bond acceptors (Lipinski definition) is 2. The molecule has 19 heavy (non-hydrogen) atoms. The second kappa shape index (κ2) is 7.88. The largest absolute Gasteiger partial charge is 0.480 e. The summed E-state index contributed by atoms with van der Waals surface area (Å²) >= 11 is 0. The topological polar surface area (TPSA) is 49.3 Å². The van der Waals surface area contributed by atoms with Gasteiger partial charge >= 0.3 is 5.97 Å². The first-order chi connectivity index (χ1) is 9.25. The normalized spacial score (nSPS) is 24.8. The predicted octanol–water partition coefficient (Wildman–Crippen LogP) is 3.72. The number of aliphatic carboxylic acids is 1. The Balaban J connectivity index is 1.82. The van der Waals surface area contributed by atoms with E-state index in [0.717, 1.165) is 19.3 Å². The number of carboxylic acid groups (broad SMARTS) is 1. The molecule has 2 aliphatic rings. The molecule has 2 saturated carbocycles. The van der Waals surface area contributed by atoms with Crippen LogP contribution in [0.25, 0.3) is 0 Å². The van der Waals surface area contributed by atoms with Crippen LogP contribution >= 0.6 is 0 Å². The van der Waals surface area contributed by atoms with Crippen LogP contribution in [0.2, 0.25) is 0 Å². The molecular weight excluding hydrogens is 238 g/mol. The van der Waals surface area contributed by atoms with E-state index in [1.54, 1.807) is 0 Å². The van der Waals surface area contributed by atoms with E-state index in [-0.39, 0.29) is 6.04 Å². The Labute approximate surface area is 117 Å². The van der Waals surface area contributed by atoms with Crippen LogP contribution < -0.4 is 5.32 Å². The Morgan fingerprint density at radius 3 is 2.05 bits per heavy atom. The second-order valence-corrected chi connectivity index (χ2v) is 6.49. The van der Waals surface area contributed by atoms with Gasteiger partial charge in [-0.25, -0.2) is 0 Å². The Morgan fingerprint density at radius 2 is 1.47 bits per heavy atom. The summed E-state index contributed by atoms with van der Waals surface area (Å²) in [5.74, 6) is -0.0112. The molecule has 0 bridgehead atoms. The predicted molar refractivity (Wildman–Crippen MR) is 77.2 cm³/mol. The molecule has 3 nitrogen and oxygen atoms in total. The van der Waals surface area contributed by atoms with E-state index in [9.17, 15) is 9.90 Å². The van der Waals surface area contributed by atoms with E-state index >= 15 is 0 Å². The van der Waals surface area contributed by atoms with Crippen LogP contribution in [0.5, 0.6) is 0 Å². The molecule has 0 aromatic heterocycles. The summed E-state index contributed by atoms with van der Waals surface area (Å²) in [4.78, 5) is 11.5. The highest BCUT2D eigenvalue weighted by atomic mass is 16.4. The standard InChI is InChI=1S/C16H29NO2/c18-16(19)15(12-13-8-4-3-5-9-13)17-14-10-6-1-2-7-11-14/h13-15,17H,1-12H2,(H,18,19). The van der Waals surface area contributed by atoms with Crippen molar-refractivity contribution in [2.45, 2.75) is 89.1 Å². The highest BCUT2D eigenvalue weighted by molar-refractivity contribution is 5.73. The highest BCUT2D eigenvalue weighted by Gasteiger charge is 2.26. The van der Waals surface area contributed by atoms with Gasteiger partial charge in [0.25, 0.3) is 0 Å². The minimum absolute atomic E-state index is 0.314. The lowest BCUT2D eigenvalue weighted by Gasteiger charge is -2.28. The molecule has 1 atom stereocenters. The monoisotopic (exact) mass is 267 g/mol. The van der Waals surface area contributed by atoms with Crippen molar-refractivity contribution in [3.63, 3.8) is 0 Å². The Morgan fingerprint density at radius 1 is 0.947 bits per heavy atom. The van der Waals surface area contributed by atoms with Gasteiger partial charge in [-0.2, -0.15) is 0 Å². The molecule has 2 N–H and O–H groups in total. The summed E-state index contributed by atoms with van der Waals surface area (Å²) in [6.45, 7) is 0. The average molecular weight is 267 g/mol. The zero-order valence-electron chi connectivity index (χ0n) is 12.1. The van der Waals surface area contributed by atoms with Gasteiger partial charge in [0.2, 0.25) is 0 Å². The van der Waals surface area contributed by atoms with Crippen molar-refractivity contribution < 1.29 is 9.90 Å². The minimum atomic E-state index is -0.644. The molecular formula is C16H29NO2. The maximum Gasteiger partial charge on any atom is 0.320 e. The molecule has 0 spiro atoms. The van der Waals surface area contributed by atoms with Gasteiger partial charge in [-0.3, -0.25) is 4.79 Å². The summed E-state index contributed by atoms with van der Waals surface area (Å²) in [5.41, 5.74) is 0. The summed E-state index contributed by atoms with van der Waals surface area (Å²) in [5, 5.41) is 12.9. The van der Waals surface area contributed by atoms with E-state index in [1.807, 2.05) is 0 Å². The summed E-state index contributed by atoms with van der Waals surface area (Å²) < 4.78 is 0. The van der Waals surface area contributed by atoms with E-state index in [1.165, 1.54) is 57.8 Å². The maximum absolute atomic E-state index is 11.5. The lowest BCUT2D eigenvalue weighted by molar-refractivity contribution is -0.140. The van der Waals surface area contributed by atoms with Crippen molar-refractivity contribution in [3.05, 3.63) is 0 Å². The van der Waals surface area contributed by atoms with Crippen LogP contribution in [-0.4, -0.2) is 23.2 Å². The molecule has 110 valence electrons. The first-order valence-electron chi connectivity index (χ1n) is 8.24. The van der Waals surface area contributed by atoms with E-state index < -0.39 is 5.97 Å². The summed E-state index contributed by atoms with van der Waals surface area (Å²) in [6, 6.07) is 0.124. The van der Waals surface area contributed by atoms with Crippen LogP contribution in [0.15, 0.2) is 0 Å². The highest BCUT2D eigenvalue weighted by Crippen LogP contribution is 2.28. The third-order valence-electron chi connectivity index (χ3n) is 4.88. The fourth-order valence-corrected chi connectivity index (χ4v) is 3.73. The zero-order valence-corrected chi connectivity index (χ0v) is 12.1. The molecule has 0 amide bonds. The van der Waals surface area contributed by atoms with Crippen LogP contribution in [0.4, 0.5) is 0 Å². The number of nitrogens with one attached hydrogen (secondary N) is 1. The molecule has 0 saturated heterocycles. The number of hydrogen-bond donors (Lipinski definition) is 2. The number of carboxylic acids is 1. The van der Waals surface area contributed by atoms with Crippen molar-refractivity contribution in [1.29, 1.82) is 0 Å². The van der Waals surface area contributed by atoms with Crippen molar-refractivity contribution in [3.8, 4) is 0 Å². The molecule has 2 aliphatic carbocycles. The molecule has 0 aromatic rings. The van der Waals surface area contributed by atoms with Crippen LogP contribution in [0, 0.1) is 5.92 Å². The molecule has 2 fully saturated rings. The van der Waals surface area contributed by atoms with Crippen molar-refractivity contribution in [1.82, 2.24) is 5.32 Å². The van der Waals surface area contributed by atoms with Crippen molar-refractivity contribution in [2.75, 3.05) is 0 Å². The maximum atomic E-state index is 11.5. The van der Waals surface area contributed by atoms with E-state index in [0.29, 0.717) is 12.0 Å². The van der Waals surface area contributed by atoms with Gasteiger partial charge in [0.15, 0.2) is 0 Å². The van der Waals surface area contributed by atoms with Crippen LogP contribution in [0.1, 0.15) is 77.0 Å². The lowest BCUT2D eigenvalue weighted by Crippen LogP contribution is -2.44. The van der Waals surface area contributed by atoms with Crippen LogP contribution in [-0.2, 0) is 4.79 Å². The van der Waals surface area contributed by atoms with Gasteiger partial charge in [-0.1, -0.05) is 57.8 Å². The molecule has 0 aliphatic heterocycles. The number of carbonyl (C=O) groups is 1. The first-order valence-corrected chi connectivity index (χ1v) is 8.24. The van der Waals surface area contributed by atoms with Crippen LogP contribution in [0.3, 0.4) is 0 Å². The lowest BCUT2D eigenvalue weighted by atomic mass is 9.84. The van der Waals surface area contributed by atoms with E-state index in [4.69, 9.17) is 0 Å². The Hall–Kier alpha value is -0.570. The molecule has 1 unspecified atom stereocenters. The molecule has 0 radical (unpaired) electrons. The van der Waals surface area contributed by atoms with Crippen molar-refractivity contribution in [2.24, 2.45) is 5.92 Å².